The standard InChI is InChI=1S/C15H24BN/c1-14(2)10-16(11-15(14,3)4)12-6-8-13(17-5)9-7-12/h6-9,17H,10-11H2,1-5H3. The molecule has 0 bridgehead atoms. The molecule has 1 aromatic rings. The topological polar surface area (TPSA) is 12.0 Å². The second-order valence-electron chi connectivity index (χ2n) is 6.74. The van der Waals surface area contributed by atoms with Crippen LogP contribution in [0.15, 0.2) is 24.3 Å². The lowest BCUT2D eigenvalue weighted by atomic mass is 9.42. The Labute approximate surface area is 106 Å². The Bertz CT molecular complexity index is 376. The van der Waals surface area contributed by atoms with Gasteiger partial charge < -0.3 is 5.32 Å². The number of anilines is 1. The first-order chi connectivity index (χ1) is 7.86. The fourth-order valence-electron chi connectivity index (χ4n) is 3.01. The lowest BCUT2D eigenvalue weighted by Gasteiger charge is -2.35. The molecular formula is C15H24BN. The summed E-state index contributed by atoms with van der Waals surface area (Å²) in [5.74, 6) is 0. The molecule has 1 aliphatic rings. The molecule has 2 heteroatoms. The summed E-state index contributed by atoms with van der Waals surface area (Å²) >= 11 is 0. The zero-order valence-electron chi connectivity index (χ0n) is 11.8. The molecule has 1 fully saturated rings. The maximum absolute atomic E-state index is 3.18. The highest BCUT2D eigenvalue weighted by Crippen LogP contribution is 2.52. The summed E-state index contributed by atoms with van der Waals surface area (Å²) in [6.45, 7) is 10.4. The van der Waals surface area contributed by atoms with Gasteiger partial charge in [-0.2, -0.15) is 0 Å². The average molecular weight is 229 g/mol. The van der Waals surface area contributed by atoms with Crippen LogP contribution in [0, 0.1) is 10.8 Å². The molecule has 0 aromatic heterocycles. The highest BCUT2D eigenvalue weighted by atomic mass is 14.8. The molecule has 1 saturated heterocycles. The highest BCUT2D eigenvalue weighted by molar-refractivity contribution is 6.74. The van der Waals surface area contributed by atoms with E-state index < -0.39 is 0 Å². The van der Waals surface area contributed by atoms with Crippen molar-refractivity contribution in [1.82, 2.24) is 0 Å². The monoisotopic (exact) mass is 229 g/mol. The Kier molecular flexibility index (Phi) is 3.01. The van der Waals surface area contributed by atoms with Crippen molar-refractivity contribution in [1.29, 1.82) is 0 Å². The van der Waals surface area contributed by atoms with Gasteiger partial charge in [-0.3, -0.25) is 0 Å². The van der Waals surface area contributed by atoms with E-state index in [-0.39, 0.29) is 0 Å². The molecule has 0 unspecified atom stereocenters. The van der Waals surface area contributed by atoms with Crippen LogP contribution in [0.2, 0.25) is 12.6 Å². The van der Waals surface area contributed by atoms with Gasteiger partial charge in [0.25, 0.3) is 0 Å². The first kappa shape index (κ1) is 12.5. The largest absolute Gasteiger partial charge is 0.388 e. The van der Waals surface area contributed by atoms with Gasteiger partial charge in [0.05, 0.1) is 0 Å². The average Bonchev–Trinajstić information content (AvgIpc) is 2.48. The number of benzene rings is 1. The Hall–Kier alpha value is -0.915. The number of hydrogen-bond acceptors (Lipinski definition) is 1. The van der Waals surface area contributed by atoms with E-state index in [1.165, 1.54) is 23.8 Å². The fourth-order valence-corrected chi connectivity index (χ4v) is 3.01. The van der Waals surface area contributed by atoms with Crippen molar-refractivity contribution in [2.45, 2.75) is 40.3 Å². The molecule has 1 aliphatic heterocycles. The molecule has 1 aromatic carbocycles. The summed E-state index contributed by atoms with van der Waals surface area (Å²) in [5, 5.41) is 3.18. The quantitative estimate of drug-likeness (QED) is 0.765. The normalized spacial score (nSPS) is 21.6. The smallest absolute Gasteiger partial charge is 0.176 e. The predicted molar refractivity (Wildman–Crippen MR) is 78.6 cm³/mol. The number of rotatable bonds is 2. The predicted octanol–water partition coefficient (Wildman–Crippen LogP) is 3.50. The van der Waals surface area contributed by atoms with E-state index in [2.05, 4.69) is 57.3 Å². The summed E-state index contributed by atoms with van der Waals surface area (Å²) in [6.07, 6.45) is 2.61. The summed E-state index contributed by atoms with van der Waals surface area (Å²) in [7, 11) is 1.97. The van der Waals surface area contributed by atoms with E-state index in [0.29, 0.717) is 10.8 Å². The number of hydrogen-bond donors (Lipinski definition) is 1. The van der Waals surface area contributed by atoms with Crippen LogP contribution >= 0.6 is 0 Å². The van der Waals surface area contributed by atoms with E-state index in [1.54, 1.807) is 0 Å². The van der Waals surface area contributed by atoms with Crippen molar-refractivity contribution in [2.24, 2.45) is 10.8 Å². The van der Waals surface area contributed by atoms with Crippen LogP contribution in [0.3, 0.4) is 0 Å². The van der Waals surface area contributed by atoms with Crippen molar-refractivity contribution in [3.8, 4) is 0 Å². The molecule has 0 atom stereocenters. The molecule has 1 heterocycles. The SMILES string of the molecule is CNc1ccc(B2CC(C)(C)C(C)(C)C2)cc1. The van der Waals surface area contributed by atoms with Gasteiger partial charge in [0, 0.05) is 12.7 Å². The van der Waals surface area contributed by atoms with Gasteiger partial charge in [-0.1, -0.05) is 57.9 Å². The Morgan fingerprint density at radius 2 is 1.41 bits per heavy atom. The summed E-state index contributed by atoms with van der Waals surface area (Å²) in [4.78, 5) is 0. The summed E-state index contributed by atoms with van der Waals surface area (Å²) < 4.78 is 0. The Morgan fingerprint density at radius 3 is 1.82 bits per heavy atom. The maximum Gasteiger partial charge on any atom is 0.176 e. The summed E-state index contributed by atoms with van der Waals surface area (Å²) in [5.41, 5.74) is 3.59. The molecule has 1 N–H and O–H groups in total. The van der Waals surface area contributed by atoms with Crippen molar-refractivity contribution in [2.75, 3.05) is 12.4 Å². The van der Waals surface area contributed by atoms with E-state index in [1.807, 2.05) is 7.05 Å². The Morgan fingerprint density at radius 1 is 0.941 bits per heavy atom. The molecule has 0 aliphatic carbocycles. The molecule has 92 valence electrons. The summed E-state index contributed by atoms with van der Waals surface area (Å²) in [6, 6.07) is 8.95. The van der Waals surface area contributed by atoms with Crippen LogP contribution in [0.1, 0.15) is 27.7 Å². The van der Waals surface area contributed by atoms with Crippen LogP contribution in [0.5, 0.6) is 0 Å². The third kappa shape index (κ3) is 2.22. The Balaban J connectivity index is 2.20. The molecule has 0 amide bonds. The zero-order chi connectivity index (χ0) is 12.7. The second kappa shape index (κ2) is 4.08. The van der Waals surface area contributed by atoms with Crippen LogP contribution in [-0.4, -0.2) is 13.8 Å². The first-order valence-corrected chi connectivity index (χ1v) is 6.63. The third-order valence-electron chi connectivity index (χ3n) is 5.02. The fraction of sp³-hybridized carbons (Fsp3) is 0.600. The van der Waals surface area contributed by atoms with Gasteiger partial charge in [-0.25, -0.2) is 0 Å². The van der Waals surface area contributed by atoms with Gasteiger partial charge in [-0.05, 0) is 23.0 Å². The highest BCUT2D eigenvalue weighted by Gasteiger charge is 2.47. The molecule has 0 saturated carbocycles. The van der Waals surface area contributed by atoms with Crippen LogP contribution in [0.4, 0.5) is 5.69 Å². The van der Waals surface area contributed by atoms with Crippen molar-refractivity contribution in [3.05, 3.63) is 24.3 Å². The zero-order valence-corrected chi connectivity index (χ0v) is 11.8. The van der Waals surface area contributed by atoms with Gasteiger partial charge in [-0.15, -0.1) is 0 Å². The van der Waals surface area contributed by atoms with Gasteiger partial charge in [0.15, 0.2) is 6.71 Å². The lowest BCUT2D eigenvalue weighted by molar-refractivity contribution is 0.177. The molecule has 1 nitrogen and oxygen atoms in total. The van der Waals surface area contributed by atoms with Gasteiger partial charge in [0.1, 0.15) is 0 Å². The van der Waals surface area contributed by atoms with Crippen LogP contribution < -0.4 is 10.8 Å². The third-order valence-corrected chi connectivity index (χ3v) is 5.02. The first-order valence-electron chi connectivity index (χ1n) is 6.63. The molecule has 17 heavy (non-hydrogen) atoms. The van der Waals surface area contributed by atoms with E-state index >= 15 is 0 Å². The molecule has 0 spiro atoms. The van der Waals surface area contributed by atoms with Crippen molar-refractivity contribution >= 4 is 17.9 Å². The minimum absolute atomic E-state index is 0.444. The molecular weight excluding hydrogens is 205 g/mol. The van der Waals surface area contributed by atoms with Gasteiger partial charge >= 0.3 is 0 Å². The number of nitrogens with one attached hydrogen (secondary N) is 1. The van der Waals surface area contributed by atoms with Gasteiger partial charge in [0.2, 0.25) is 0 Å². The minimum Gasteiger partial charge on any atom is -0.388 e. The van der Waals surface area contributed by atoms with Crippen molar-refractivity contribution < 1.29 is 0 Å². The van der Waals surface area contributed by atoms with Crippen molar-refractivity contribution in [3.63, 3.8) is 0 Å². The molecule has 2 rings (SSSR count). The minimum atomic E-state index is 0.444. The van der Waals surface area contributed by atoms with E-state index in [9.17, 15) is 0 Å². The van der Waals surface area contributed by atoms with E-state index in [4.69, 9.17) is 0 Å². The van der Waals surface area contributed by atoms with Crippen LogP contribution in [0.25, 0.3) is 0 Å². The lowest BCUT2D eigenvalue weighted by Crippen LogP contribution is -2.27. The molecule has 0 radical (unpaired) electrons. The van der Waals surface area contributed by atoms with E-state index in [0.717, 1.165) is 6.71 Å². The maximum atomic E-state index is 3.18. The van der Waals surface area contributed by atoms with Crippen LogP contribution in [-0.2, 0) is 0 Å². The second-order valence-corrected chi connectivity index (χ2v) is 6.74.